The first-order valence-electron chi connectivity index (χ1n) is 4.49. The van der Waals surface area contributed by atoms with Gasteiger partial charge in [0.05, 0.1) is 0 Å². The molecule has 0 heterocycles. The molecule has 74 valence electrons. The minimum atomic E-state index is -0.739. The Hall–Kier alpha value is -0.150. The lowest BCUT2D eigenvalue weighted by molar-refractivity contribution is 0.271. The largest absolute Gasteiger partial charge is 0.320 e. The molecule has 0 aliphatic carbocycles. The zero-order chi connectivity index (χ0) is 9.61. The van der Waals surface area contributed by atoms with Gasteiger partial charge in [-0.1, -0.05) is 0 Å². The summed E-state index contributed by atoms with van der Waals surface area (Å²) < 4.78 is 13.0. The summed E-state index contributed by atoms with van der Waals surface area (Å²) >= 11 is 0. The van der Waals surface area contributed by atoms with Crippen molar-refractivity contribution < 1.29 is 4.39 Å². The molecule has 12 heavy (non-hydrogen) atoms. The van der Waals surface area contributed by atoms with E-state index in [0.29, 0.717) is 13.0 Å². The third-order valence-electron chi connectivity index (χ3n) is 1.56. The van der Waals surface area contributed by atoms with Crippen LogP contribution in [0.25, 0.3) is 0 Å². The van der Waals surface area contributed by atoms with Crippen molar-refractivity contribution in [3.63, 3.8) is 0 Å². The van der Waals surface area contributed by atoms with Gasteiger partial charge < -0.3 is 10.6 Å². The second-order valence-electron chi connectivity index (χ2n) is 4.12. The Morgan fingerprint density at radius 2 is 1.92 bits per heavy atom. The van der Waals surface area contributed by atoms with Gasteiger partial charge in [-0.05, 0) is 40.8 Å². The molecule has 2 nitrogen and oxygen atoms in total. The van der Waals surface area contributed by atoms with Crippen LogP contribution in [0.4, 0.5) is 4.39 Å². The van der Waals surface area contributed by atoms with Gasteiger partial charge in [-0.15, -0.1) is 0 Å². The molecule has 0 fully saturated rings. The van der Waals surface area contributed by atoms with Gasteiger partial charge in [-0.2, -0.15) is 0 Å². The van der Waals surface area contributed by atoms with Gasteiger partial charge in [0.15, 0.2) is 0 Å². The third-order valence-corrected chi connectivity index (χ3v) is 1.56. The van der Waals surface area contributed by atoms with E-state index in [0.717, 1.165) is 6.54 Å². The summed E-state index contributed by atoms with van der Waals surface area (Å²) in [6.07, 6.45) is -0.156. The van der Waals surface area contributed by atoms with Crippen LogP contribution in [0.2, 0.25) is 0 Å². The molecule has 0 radical (unpaired) electrons. The number of hydrogen-bond donors (Lipinski definition) is 2. The Bertz CT molecular complexity index is 110. The molecule has 1 atom stereocenters. The van der Waals surface area contributed by atoms with Gasteiger partial charge in [-0.3, -0.25) is 0 Å². The highest BCUT2D eigenvalue weighted by Crippen LogP contribution is 2.01. The maximum absolute atomic E-state index is 13.0. The van der Waals surface area contributed by atoms with E-state index < -0.39 is 6.17 Å². The Balaban J connectivity index is 3.37. The Morgan fingerprint density at radius 1 is 1.33 bits per heavy atom. The SMILES string of the molecule is CNCC[C@H](F)CNC(C)(C)C. The highest BCUT2D eigenvalue weighted by atomic mass is 19.1. The van der Waals surface area contributed by atoms with Crippen molar-refractivity contribution in [3.05, 3.63) is 0 Å². The lowest BCUT2D eigenvalue weighted by atomic mass is 10.1. The molecular weight excluding hydrogens is 155 g/mol. The summed E-state index contributed by atoms with van der Waals surface area (Å²) in [6.45, 7) is 7.31. The summed E-state index contributed by atoms with van der Waals surface area (Å²) in [4.78, 5) is 0. The molecule has 0 saturated heterocycles. The van der Waals surface area contributed by atoms with Crippen LogP contribution in [0.15, 0.2) is 0 Å². The van der Waals surface area contributed by atoms with Gasteiger partial charge in [0.1, 0.15) is 6.17 Å². The molecule has 0 amide bonds. The second-order valence-corrected chi connectivity index (χ2v) is 4.12. The van der Waals surface area contributed by atoms with Crippen molar-refractivity contribution in [2.24, 2.45) is 0 Å². The number of nitrogens with one attached hydrogen (secondary N) is 2. The maximum Gasteiger partial charge on any atom is 0.114 e. The van der Waals surface area contributed by atoms with E-state index in [1.54, 1.807) is 0 Å². The van der Waals surface area contributed by atoms with Gasteiger partial charge in [0, 0.05) is 12.1 Å². The first-order chi connectivity index (χ1) is 5.45. The average molecular weight is 176 g/mol. The fourth-order valence-corrected chi connectivity index (χ4v) is 0.820. The molecule has 0 bridgehead atoms. The van der Waals surface area contributed by atoms with Crippen LogP contribution >= 0.6 is 0 Å². The fraction of sp³-hybridized carbons (Fsp3) is 1.00. The van der Waals surface area contributed by atoms with Crippen LogP contribution in [0.1, 0.15) is 27.2 Å². The average Bonchev–Trinajstić information content (AvgIpc) is 1.95. The monoisotopic (exact) mass is 176 g/mol. The molecule has 3 heteroatoms. The Labute approximate surface area is 74.9 Å². The van der Waals surface area contributed by atoms with Crippen LogP contribution in [-0.4, -0.2) is 31.8 Å². The number of hydrogen-bond acceptors (Lipinski definition) is 2. The molecule has 2 N–H and O–H groups in total. The zero-order valence-corrected chi connectivity index (χ0v) is 8.58. The molecule has 0 rings (SSSR count). The van der Waals surface area contributed by atoms with E-state index >= 15 is 0 Å². The molecule has 0 aromatic rings. The number of alkyl halides is 1. The highest BCUT2D eigenvalue weighted by Gasteiger charge is 2.12. The molecule has 0 aromatic carbocycles. The lowest BCUT2D eigenvalue weighted by Gasteiger charge is -2.21. The van der Waals surface area contributed by atoms with Gasteiger partial charge in [-0.25, -0.2) is 4.39 Å². The predicted octanol–water partition coefficient (Wildman–Crippen LogP) is 1.32. The molecular formula is C9H21FN2. The summed E-state index contributed by atoms with van der Waals surface area (Å²) in [5.41, 5.74) is 0.0178. The quantitative estimate of drug-likeness (QED) is 0.660. The minimum Gasteiger partial charge on any atom is -0.320 e. The van der Waals surface area contributed by atoms with Crippen LogP contribution in [-0.2, 0) is 0 Å². The van der Waals surface area contributed by atoms with Gasteiger partial charge in [0.2, 0.25) is 0 Å². The van der Waals surface area contributed by atoms with Crippen molar-refractivity contribution in [1.82, 2.24) is 10.6 Å². The number of halogens is 1. The first kappa shape index (κ1) is 11.8. The lowest BCUT2D eigenvalue weighted by Crippen LogP contribution is -2.40. The predicted molar refractivity (Wildman–Crippen MR) is 51.2 cm³/mol. The fourth-order valence-electron chi connectivity index (χ4n) is 0.820. The third kappa shape index (κ3) is 7.95. The van der Waals surface area contributed by atoms with Crippen molar-refractivity contribution >= 4 is 0 Å². The molecule has 0 spiro atoms. The molecule has 0 aromatic heterocycles. The molecule has 0 aliphatic heterocycles. The van der Waals surface area contributed by atoms with Crippen molar-refractivity contribution in [3.8, 4) is 0 Å². The normalized spacial score (nSPS) is 14.8. The van der Waals surface area contributed by atoms with Crippen LogP contribution in [0, 0.1) is 0 Å². The van der Waals surface area contributed by atoms with Crippen molar-refractivity contribution in [2.45, 2.75) is 38.9 Å². The molecule has 0 saturated carbocycles. The molecule has 0 unspecified atom stereocenters. The topological polar surface area (TPSA) is 24.1 Å². The zero-order valence-electron chi connectivity index (χ0n) is 8.58. The Kier molecular flexibility index (Phi) is 5.42. The highest BCUT2D eigenvalue weighted by molar-refractivity contribution is 4.73. The molecule has 0 aliphatic rings. The van der Waals surface area contributed by atoms with E-state index in [-0.39, 0.29) is 5.54 Å². The van der Waals surface area contributed by atoms with Gasteiger partial charge in [0.25, 0.3) is 0 Å². The summed E-state index contributed by atoms with van der Waals surface area (Å²) in [5, 5.41) is 6.06. The van der Waals surface area contributed by atoms with Gasteiger partial charge >= 0.3 is 0 Å². The van der Waals surface area contributed by atoms with E-state index in [1.165, 1.54) is 0 Å². The maximum atomic E-state index is 13.0. The van der Waals surface area contributed by atoms with Crippen molar-refractivity contribution in [1.29, 1.82) is 0 Å². The van der Waals surface area contributed by atoms with E-state index in [2.05, 4.69) is 10.6 Å². The summed E-state index contributed by atoms with van der Waals surface area (Å²) in [6, 6.07) is 0. The smallest absolute Gasteiger partial charge is 0.114 e. The standard InChI is InChI=1S/C9H21FN2/c1-9(2,3)12-7-8(10)5-6-11-4/h8,11-12H,5-7H2,1-4H3/t8-/m0/s1. The van der Waals surface area contributed by atoms with E-state index in [1.807, 2.05) is 27.8 Å². The van der Waals surface area contributed by atoms with Crippen molar-refractivity contribution in [2.75, 3.05) is 20.1 Å². The van der Waals surface area contributed by atoms with Crippen LogP contribution in [0.3, 0.4) is 0 Å². The van der Waals surface area contributed by atoms with E-state index in [9.17, 15) is 4.39 Å². The second kappa shape index (κ2) is 5.49. The summed E-state index contributed by atoms with van der Waals surface area (Å²) in [5.74, 6) is 0. The van der Waals surface area contributed by atoms with Crippen LogP contribution < -0.4 is 10.6 Å². The van der Waals surface area contributed by atoms with Crippen LogP contribution in [0.5, 0.6) is 0 Å². The Morgan fingerprint density at radius 3 is 2.33 bits per heavy atom. The summed E-state index contributed by atoms with van der Waals surface area (Å²) in [7, 11) is 1.84. The number of rotatable bonds is 5. The minimum absolute atomic E-state index is 0.0178. The van der Waals surface area contributed by atoms with E-state index in [4.69, 9.17) is 0 Å². The first-order valence-corrected chi connectivity index (χ1v) is 4.49.